The van der Waals surface area contributed by atoms with Crippen molar-refractivity contribution in [1.29, 1.82) is 0 Å². The summed E-state index contributed by atoms with van der Waals surface area (Å²) in [5.74, 6) is -1.50. The Labute approximate surface area is 126 Å². The molecule has 0 unspecified atom stereocenters. The summed E-state index contributed by atoms with van der Waals surface area (Å²) < 4.78 is 14.2. The van der Waals surface area contributed by atoms with Gasteiger partial charge in [0.1, 0.15) is 5.82 Å². The highest BCUT2D eigenvalue weighted by atomic mass is 19.1. The van der Waals surface area contributed by atoms with Crippen LogP contribution in [0.25, 0.3) is 26.7 Å². The van der Waals surface area contributed by atoms with E-state index in [1.54, 1.807) is 36.4 Å². The molecule has 3 nitrogen and oxygen atoms in total. The number of aromatic carboxylic acids is 1. The van der Waals surface area contributed by atoms with Crippen LogP contribution in [0.3, 0.4) is 0 Å². The van der Waals surface area contributed by atoms with Gasteiger partial charge in [0.05, 0.1) is 12.1 Å². The molecule has 0 fully saturated rings. The number of fused-ring (bicyclic) bond motifs is 1. The minimum Gasteiger partial charge on any atom is -0.478 e. The third-order valence-corrected chi connectivity index (χ3v) is 3.51. The Bertz CT molecular complexity index is 941. The lowest BCUT2D eigenvalue weighted by Gasteiger charge is -2.11. The normalized spacial score (nSPS) is 10.4. The smallest absolute Gasteiger partial charge is 0.335 e. The fourth-order valence-corrected chi connectivity index (χ4v) is 2.48. The van der Waals surface area contributed by atoms with E-state index in [0.717, 1.165) is 5.39 Å². The molecule has 0 heterocycles. The number of nitrogens with zero attached hydrogens (tertiary/aromatic N) is 1. The number of halogens is 1. The number of hydrogen-bond acceptors (Lipinski definition) is 1. The van der Waals surface area contributed by atoms with Crippen LogP contribution in [0, 0.1) is 12.4 Å². The maximum absolute atomic E-state index is 14.2. The van der Waals surface area contributed by atoms with E-state index in [1.807, 2.05) is 0 Å². The number of benzene rings is 3. The second kappa shape index (κ2) is 5.30. The molecule has 0 saturated carbocycles. The summed E-state index contributed by atoms with van der Waals surface area (Å²) in [6.07, 6.45) is 0. The van der Waals surface area contributed by atoms with Gasteiger partial charge in [0.15, 0.2) is 5.69 Å². The Kier molecular flexibility index (Phi) is 3.32. The van der Waals surface area contributed by atoms with Crippen LogP contribution < -0.4 is 0 Å². The van der Waals surface area contributed by atoms with Crippen molar-refractivity contribution >= 4 is 22.4 Å². The molecule has 0 atom stereocenters. The van der Waals surface area contributed by atoms with E-state index in [2.05, 4.69) is 4.85 Å². The van der Waals surface area contributed by atoms with Gasteiger partial charge in [0, 0.05) is 5.56 Å². The first kappa shape index (κ1) is 13.8. The molecule has 0 aliphatic carbocycles. The van der Waals surface area contributed by atoms with Crippen LogP contribution in [0.15, 0.2) is 54.6 Å². The highest BCUT2D eigenvalue weighted by Crippen LogP contribution is 2.38. The van der Waals surface area contributed by atoms with Crippen LogP contribution in [-0.4, -0.2) is 11.1 Å². The van der Waals surface area contributed by atoms with Crippen LogP contribution >= 0.6 is 0 Å². The summed E-state index contributed by atoms with van der Waals surface area (Å²) >= 11 is 0. The Balaban J connectivity index is 2.45. The van der Waals surface area contributed by atoms with Crippen molar-refractivity contribution in [3.63, 3.8) is 0 Å². The van der Waals surface area contributed by atoms with Gasteiger partial charge in [-0.1, -0.05) is 36.4 Å². The molecular formula is C18H10FNO2. The van der Waals surface area contributed by atoms with E-state index in [9.17, 15) is 9.18 Å². The van der Waals surface area contributed by atoms with Gasteiger partial charge in [0.25, 0.3) is 0 Å². The topological polar surface area (TPSA) is 41.7 Å². The Hall–Kier alpha value is -3.19. The molecule has 0 spiro atoms. The van der Waals surface area contributed by atoms with E-state index in [-0.39, 0.29) is 5.56 Å². The molecule has 3 rings (SSSR count). The molecule has 1 N–H and O–H groups in total. The number of carboxylic acids is 1. The number of carboxylic acid groups (broad SMARTS) is 1. The molecule has 22 heavy (non-hydrogen) atoms. The molecule has 3 aromatic rings. The molecule has 0 saturated heterocycles. The van der Waals surface area contributed by atoms with Crippen LogP contribution in [-0.2, 0) is 0 Å². The predicted molar refractivity (Wildman–Crippen MR) is 82.6 cm³/mol. The lowest BCUT2D eigenvalue weighted by atomic mass is 9.95. The molecule has 0 bridgehead atoms. The van der Waals surface area contributed by atoms with Gasteiger partial charge in [0.2, 0.25) is 0 Å². The highest BCUT2D eigenvalue weighted by Gasteiger charge is 2.15. The Morgan fingerprint density at radius 2 is 1.82 bits per heavy atom. The largest absolute Gasteiger partial charge is 0.478 e. The second-order valence-corrected chi connectivity index (χ2v) is 4.79. The zero-order valence-electron chi connectivity index (χ0n) is 11.4. The Morgan fingerprint density at radius 3 is 2.50 bits per heavy atom. The van der Waals surface area contributed by atoms with Gasteiger partial charge in [-0.05, 0) is 34.5 Å². The SMILES string of the molecule is [C-]#[N+]c1ccc2ccc(C(=O)O)cc2c1-c1ccccc1F. The summed E-state index contributed by atoms with van der Waals surface area (Å²) in [4.78, 5) is 14.6. The first-order chi connectivity index (χ1) is 10.6. The van der Waals surface area contributed by atoms with Gasteiger partial charge in [-0.15, -0.1) is 0 Å². The van der Waals surface area contributed by atoms with E-state index >= 15 is 0 Å². The van der Waals surface area contributed by atoms with Crippen molar-refractivity contribution in [1.82, 2.24) is 0 Å². The lowest BCUT2D eigenvalue weighted by Crippen LogP contribution is -1.96. The predicted octanol–water partition coefficient (Wildman–Crippen LogP) is 4.89. The summed E-state index contributed by atoms with van der Waals surface area (Å²) in [6, 6.07) is 14.2. The second-order valence-electron chi connectivity index (χ2n) is 4.79. The van der Waals surface area contributed by atoms with Crippen molar-refractivity contribution in [3.8, 4) is 11.1 Å². The van der Waals surface area contributed by atoms with E-state index in [0.29, 0.717) is 22.2 Å². The zero-order valence-corrected chi connectivity index (χ0v) is 11.4. The van der Waals surface area contributed by atoms with Gasteiger partial charge in [-0.3, -0.25) is 0 Å². The maximum Gasteiger partial charge on any atom is 0.335 e. The van der Waals surface area contributed by atoms with Crippen LogP contribution in [0.1, 0.15) is 10.4 Å². The third-order valence-electron chi connectivity index (χ3n) is 3.51. The van der Waals surface area contributed by atoms with Gasteiger partial charge < -0.3 is 5.11 Å². The fourth-order valence-electron chi connectivity index (χ4n) is 2.48. The first-order valence-corrected chi connectivity index (χ1v) is 6.54. The molecule has 0 aliphatic rings. The average molecular weight is 291 g/mol. The number of hydrogen-bond donors (Lipinski definition) is 1. The maximum atomic E-state index is 14.2. The van der Waals surface area contributed by atoms with E-state index < -0.39 is 11.8 Å². The number of carbonyl (C=O) groups is 1. The quantitative estimate of drug-likeness (QED) is 0.683. The zero-order chi connectivity index (χ0) is 15.7. The molecule has 0 amide bonds. The molecule has 106 valence electrons. The van der Waals surface area contributed by atoms with Gasteiger partial charge >= 0.3 is 5.97 Å². The molecule has 0 radical (unpaired) electrons. The molecular weight excluding hydrogens is 281 g/mol. The van der Waals surface area contributed by atoms with Crippen molar-refractivity contribution in [2.75, 3.05) is 0 Å². The van der Waals surface area contributed by atoms with Crippen molar-refractivity contribution < 1.29 is 14.3 Å². The lowest BCUT2D eigenvalue weighted by molar-refractivity contribution is 0.0697. The highest BCUT2D eigenvalue weighted by molar-refractivity contribution is 6.05. The standard InChI is InChI=1S/C18H10FNO2/c1-20-16-9-8-11-6-7-12(18(21)22)10-14(11)17(16)13-4-2-3-5-15(13)19/h2-10H,(H,21,22). The molecule has 0 aliphatic heterocycles. The fraction of sp³-hybridized carbons (Fsp3) is 0. The van der Waals surface area contributed by atoms with Crippen LogP contribution in [0.2, 0.25) is 0 Å². The summed E-state index contributed by atoms with van der Waals surface area (Å²) in [5, 5.41) is 10.5. The van der Waals surface area contributed by atoms with Crippen molar-refractivity contribution in [3.05, 3.63) is 77.4 Å². The van der Waals surface area contributed by atoms with Gasteiger partial charge in [-0.25, -0.2) is 14.0 Å². The Morgan fingerprint density at radius 1 is 1.09 bits per heavy atom. The average Bonchev–Trinajstić information content (AvgIpc) is 2.54. The minimum absolute atomic E-state index is 0.104. The van der Waals surface area contributed by atoms with Crippen molar-refractivity contribution in [2.45, 2.75) is 0 Å². The van der Waals surface area contributed by atoms with E-state index in [1.165, 1.54) is 18.2 Å². The third kappa shape index (κ3) is 2.19. The van der Waals surface area contributed by atoms with Crippen LogP contribution in [0.4, 0.5) is 10.1 Å². The summed E-state index contributed by atoms with van der Waals surface area (Å²) in [7, 11) is 0. The van der Waals surface area contributed by atoms with Crippen LogP contribution in [0.5, 0.6) is 0 Å². The molecule has 3 aromatic carbocycles. The molecule has 4 heteroatoms. The first-order valence-electron chi connectivity index (χ1n) is 6.54. The number of rotatable bonds is 2. The molecule has 0 aromatic heterocycles. The monoisotopic (exact) mass is 291 g/mol. The van der Waals surface area contributed by atoms with Crippen molar-refractivity contribution in [2.24, 2.45) is 0 Å². The summed E-state index contributed by atoms with van der Waals surface area (Å²) in [5.41, 5.74) is 1.11. The van der Waals surface area contributed by atoms with Gasteiger partial charge in [-0.2, -0.15) is 0 Å². The minimum atomic E-state index is -1.06. The van der Waals surface area contributed by atoms with E-state index in [4.69, 9.17) is 11.7 Å². The summed E-state index contributed by atoms with van der Waals surface area (Å²) in [6.45, 7) is 7.30.